The van der Waals surface area contributed by atoms with Gasteiger partial charge in [0.05, 0.1) is 5.69 Å². The van der Waals surface area contributed by atoms with E-state index < -0.39 is 5.91 Å². The Labute approximate surface area is 162 Å². The van der Waals surface area contributed by atoms with Gasteiger partial charge >= 0.3 is 0 Å². The van der Waals surface area contributed by atoms with Gasteiger partial charge in [0, 0.05) is 10.0 Å². The summed E-state index contributed by atoms with van der Waals surface area (Å²) in [5.41, 5.74) is 6.18. The maximum absolute atomic E-state index is 12.2. The van der Waals surface area contributed by atoms with Crippen molar-refractivity contribution in [2.45, 2.75) is 6.54 Å². The zero-order valence-corrected chi connectivity index (χ0v) is 15.6. The molecule has 2 amide bonds. The van der Waals surface area contributed by atoms with E-state index in [1.165, 1.54) is 0 Å². The maximum atomic E-state index is 12.2. The topological polar surface area (TPSA) is 125 Å². The van der Waals surface area contributed by atoms with Gasteiger partial charge in [0.25, 0.3) is 5.91 Å². The third-order valence-electron chi connectivity index (χ3n) is 3.38. The molecule has 0 bridgehead atoms. The number of benzene rings is 2. The van der Waals surface area contributed by atoms with Gasteiger partial charge in [0.15, 0.2) is 6.61 Å². The molecule has 0 unspecified atom stereocenters. The molecule has 0 saturated carbocycles. The van der Waals surface area contributed by atoms with Crippen LogP contribution in [0.3, 0.4) is 0 Å². The largest absolute Gasteiger partial charge is 0.484 e. The Balaban J connectivity index is 1.68. The molecule has 3 rings (SSSR count). The number of hydrogen-bond donors (Lipinski definition) is 2. The predicted octanol–water partition coefficient (Wildman–Crippen LogP) is 1.61. The molecular formula is C17H15BrN6O3. The second kappa shape index (κ2) is 8.41. The minimum absolute atomic E-state index is 0.155. The standard InChI is InChI=1S/C17H15BrN6O3/c18-11-5-7-12(8-6-11)27-10-16(26)20-14-4-2-1-3-13(14)17-21-23-24(22-17)9-15(19)25/h1-8H,9-10H2,(H2,19,25)(H,20,26). The summed E-state index contributed by atoms with van der Waals surface area (Å²) >= 11 is 3.34. The van der Waals surface area contributed by atoms with Gasteiger partial charge in [-0.2, -0.15) is 4.80 Å². The van der Waals surface area contributed by atoms with E-state index in [-0.39, 0.29) is 24.9 Å². The molecule has 27 heavy (non-hydrogen) atoms. The first kappa shape index (κ1) is 18.5. The van der Waals surface area contributed by atoms with E-state index in [9.17, 15) is 9.59 Å². The fraction of sp³-hybridized carbons (Fsp3) is 0.118. The number of para-hydroxylation sites is 1. The number of anilines is 1. The highest BCUT2D eigenvalue weighted by Gasteiger charge is 2.14. The van der Waals surface area contributed by atoms with E-state index >= 15 is 0 Å². The molecule has 2 aromatic carbocycles. The fourth-order valence-corrected chi connectivity index (χ4v) is 2.47. The van der Waals surface area contributed by atoms with Crippen LogP contribution in [0.5, 0.6) is 5.75 Å². The predicted molar refractivity (Wildman–Crippen MR) is 101 cm³/mol. The van der Waals surface area contributed by atoms with E-state index in [1.807, 2.05) is 12.1 Å². The van der Waals surface area contributed by atoms with Crippen molar-refractivity contribution in [2.24, 2.45) is 5.73 Å². The van der Waals surface area contributed by atoms with Crippen LogP contribution in [0.25, 0.3) is 11.4 Å². The summed E-state index contributed by atoms with van der Waals surface area (Å²) in [6.45, 7) is -0.333. The minimum atomic E-state index is -0.578. The number of carbonyl (C=O) groups excluding carboxylic acids is 2. The molecule has 0 atom stereocenters. The molecule has 0 spiro atoms. The number of aromatic nitrogens is 4. The lowest BCUT2D eigenvalue weighted by atomic mass is 10.1. The Hall–Kier alpha value is -3.27. The number of nitrogens with zero attached hydrogens (tertiary/aromatic N) is 4. The van der Waals surface area contributed by atoms with E-state index in [2.05, 4.69) is 36.7 Å². The molecule has 0 aliphatic heterocycles. The minimum Gasteiger partial charge on any atom is -0.484 e. The number of nitrogens with two attached hydrogens (primary N) is 1. The first-order valence-corrected chi connectivity index (χ1v) is 8.64. The molecule has 0 aliphatic rings. The Bertz CT molecular complexity index is 957. The molecular weight excluding hydrogens is 416 g/mol. The number of tetrazole rings is 1. The van der Waals surface area contributed by atoms with Crippen LogP contribution in [0.15, 0.2) is 53.0 Å². The van der Waals surface area contributed by atoms with Gasteiger partial charge in [0.1, 0.15) is 12.3 Å². The van der Waals surface area contributed by atoms with Crippen LogP contribution in [0, 0.1) is 0 Å². The highest BCUT2D eigenvalue weighted by Crippen LogP contribution is 2.24. The van der Waals surface area contributed by atoms with E-state index in [4.69, 9.17) is 10.5 Å². The van der Waals surface area contributed by atoms with E-state index in [1.54, 1.807) is 36.4 Å². The first-order chi connectivity index (χ1) is 13.0. The van der Waals surface area contributed by atoms with Crippen molar-refractivity contribution in [1.82, 2.24) is 20.2 Å². The van der Waals surface area contributed by atoms with Crippen molar-refractivity contribution >= 4 is 33.4 Å². The van der Waals surface area contributed by atoms with E-state index in [0.29, 0.717) is 17.0 Å². The summed E-state index contributed by atoms with van der Waals surface area (Å²) in [5, 5.41) is 14.5. The number of primary amides is 1. The smallest absolute Gasteiger partial charge is 0.262 e. The lowest BCUT2D eigenvalue weighted by Crippen LogP contribution is -2.21. The van der Waals surface area contributed by atoms with Crippen LogP contribution >= 0.6 is 15.9 Å². The fourth-order valence-electron chi connectivity index (χ4n) is 2.21. The summed E-state index contributed by atoms with van der Waals surface area (Å²) in [7, 11) is 0. The molecule has 0 fully saturated rings. The number of ether oxygens (including phenoxy) is 1. The quantitative estimate of drug-likeness (QED) is 0.586. The van der Waals surface area contributed by atoms with Crippen LogP contribution < -0.4 is 15.8 Å². The normalized spacial score (nSPS) is 10.4. The molecule has 0 radical (unpaired) electrons. The van der Waals surface area contributed by atoms with Gasteiger partial charge in [-0.15, -0.1) is 10.2 Å². The average molecular weight is 431 g/mol. The van der Waals surface area contributed by atoms with Crippen LogP contribution in [0.2, 0.25) is 0 Å². The lowest BCUT2D eigenvalue weighted by Gasteiger charge is -2.10. The van der Waals surface area contributed by atoms with Crippen LogP contribution in [-0.4, -0.2) is 38.6 Å². The number of nitrogens with one attached hydrogen (secondary N) is 1. The van der Waals surface area contributed by atoms with Gasteiger partial charge in [-0.25, -0.2) is 0 Å². The Morgan fingerprint density at radius 1 is 1.15 bits per heavy atom. The second-order valence-electron chi connectivity index (χ2n) is 5.45. The second-order valence-corrected chi connectivity index (χ2v) is 6.36. The molecule has 3 aromatic rings. The molecule has 0 saturated heterocycles. The van der Waals surface area contributed by atoms with Gasteiger partial charge in [0.2, 0.25) is 11.7 Å². The van der Waals surface area contributed by atoms with Crippen molar-refractivity contribution in [3.8, 4) is 17.1 Å². The van der Waals surface area contributed by atoms with Gasteiger partial charge < -0.3 is 15.8 Å². The average Bonchev–Trinajstić information content (AvgIpc) is 3.09. The third-order valence-corrected chi connectivity index (χ3v) is 3.90. The Morgan fingerprint density at radius 2 is 1.89 bits per heavy atom. The zero-order valence-electron chi connectivity index (χ0n) is 14.0. The van der Waals surface area contributed by atoms with Gasteiger partial charge in [-0.05, 0) is 41.6 Å². The molecule has 138 valence electrons. The highest BCUT2D eigenvalue weighted by atomic mass is 79.9. The first-order valence-electron chi connectivity index (χ1n) is 7.85. The van der Waals surface area contributed by atoms with Gasteiger partial charge in [-0.1, -0.05) is 28.1 Å². The highest BCUT2D eigenvalue weighted by molar-refractivity contribution is 9.10. The Kier molecular flexibility index (Phi) is 5.77. The number of carbonyl (C=O) groups is 2. The summed E-state index contributed by atoms with van der Waals surface area (Å²) in [6.07, 6.45) is 0. The van der Waals surface area contributed by atoms with Gasteiger partial charge in [-0.3, -0.25) is 9.59 Å². The maximum Gasteiger partial charge on any atom is 0.262 e. The van der Waals surface area contributed by atoms with Crippen molar-refractivity contribution in [2.75, 3.05) is 11.9 Å². The monoisotopic (exact) mass is 430 g/mol. The number of halogens is 1. The molecule has 1 aromatic heterocycles. The molecule has 1 heterocycles. The summed E-state index contributed by atoms with van der Waals surface area (Å²) in [6, 6.07) is 14.1. The summed E-state index contributed by atoms with van der Waals surface area (Å²) in [5.74, 6) is -0.0702. The number of hydrogen-bond acceptors (Lipinski definition) is 6. The van der Waals surface area contributed by atoms with Crippen LogP contribution in [0.1, 0.15) is 0 Å². The van der Waals surface area contributed by atoms with Crippen molar-refractivity contribution in [3.63, 3.8) is 0 Å². The summed E-state index contributed by atoms with van der Waals surface area (Å²) < 4.78 is 6.38. The van der Waals surface area contributed by atoms with Crippen molar-refractivity contribution in [1.29, 1.82) is 0 Å². The molecule has 9 nitrogen and oxygen atoms in total. The lowest BCUT2D eigenvalue weighted by molar-refractivity contribution is -0.119. The van der Waals surface area contributed by atoms with Crippen molar-refractivity contribution < 1.29 is 14.3 Å². The van der Waals surface area contributed by atoms with Crippen LogP contribution in [0.4, 0.5) is 5.69 Å². The SMILES string of the molecule is NC(=O)Cn1nnc(-c2ccccc2NC(=O)COc2ccc(Br)cc2)n1. The van der Waals surface area contributed by atoms with E-state index in [0.717, 1.165) is 9.27 Å². The molecule has 0 aliphatic carbocycles. The summed E-state index contributed by atoms with van der Waals surface area (Å²) in [4.78, 5) is 24.3. The zero-order chi connectivity index (χ0) is 19.2. The number of amides is 2. The molecule has 10 heteroatoms. The number of rotatable bonds is 7. The Morgan fingerprint density at radius 3 is 2.63 bits per heavy atom. The van der Waals surface area contributed by atoms with Crippen molar-refractivity contribution in [3.05, 3.63) is 53.0 Å². The molecule has 3 N–H and O–H groups in total. The van der Waals surface area contributed by atoms with Crippen LogP contribution in [-0.2, 0) is 16.1 Å². The third kappa shape index (κ3) is 5.11.